The molecule has 1 aliphatic heterocycles. The van der Waals surface area contributed by atoms with Gasteiger partial charge in [0.05, 0.1) is 6.04 Å². The molecule has 2 rings (SSSR count). The molecule has 0 aromatic carbocycles. The Labute approximate surface area is 125 Å². The van der Waals surface area contributed by atoms with E-state index in [0.717, 1.165) is 12.8 Å². The maximum Gasteiger partial charge on any atom is 0.273 e. The van der Waals surface area contributed by atoms with Crippen molar-refractivity contribution in [2.24, 2.45) is 5.73 Å². The van der Waals surface area contributed by atoms with Gasteiger partial charge in [-0.2, -0.15) is 0 Å². The Morgan fingerprint density at radius 3 is 2.48 bits per heavy atom. The van der Waals surface area contributed by atoms with Gasteiger partial charge in [0.15, 0.2) is 5.69 Å². The smallest absolute Gasteiger partial charge is 0.273 e. The summed E-state index contributed by atoms with van der Waals surface area (Å²) < 4.78 is 5.21. The first-order valence-corrected chi connectivity index (χ1v) is 7.39. The van der Waals surface area contributed by atoms with Crippen molar-refractivity contribution < 1.29 is 9.21 Å². The number of rotatable bonds is 3. The molecular weight excluding hydrogens is 268 g/mol. The highest BCUT2D eigenvalue weighted by molar-refractivity contribution is 5.92. The minimum Gasteiger partial charge on any atom is -0.446 e. The molecule has 1 aromatic rings. The van der Waals surface area contributed by atoms with E-state index in [1.165, 1.54) is 6.26 Å². The quantitative estimate of drug-likeness (QED) is 0.789. The van der Waals surface area contributed by atoms with E-state index in [4.69, 9.17) is 10.2 Å². The second-order valence-electron chi connectivity index (χ2n) is 7.33. The van der Waals surface area contributed by atoms with Crippen LogP contribution in [-0.4, -0.2) is 28.0 Å². The van der Waals surface area contributed by atoms with Gasteiger partial charge >= 0.3 is 0 Å². The third-order valence-electron chi connectivity index (χ3n) is 3.67. The van der Waals surface area contributed by atoms with E-state index < -0.39 is 0 Å². The summed E-state index contributed by atoms with van der Waals surface area (Å²) in [5.74, 6) is 0.176. The molecule has 0 saturated carbocycles. The average molecular weight is 294 g/mol. The van der Waals surface area contributed by atoms with E-state index in [9.17, 15) is 4.79 Å². The minimum atomic E-state index is -0.316. The van der Waals surface area contributed by atoms with Crippen molar-refractivity contribution in [2.75, 3.05) is 0 Å². The summed E-state index contributed by atoms with van der Waals surface area (Å²) in [7, 11) is 0. The molecule has 1 aliphatic rings. The summed E-state index contributed by atoms with van der Waals surface area (Å²) in [6.07, 6.45) is 3.12. The van der Waals surface area contributed by atoms with Crippen molar-refractivity contribution in [3.05, 3.63) is 17.8 Å². The summed E-state index contributed by atoms with van der Waals surface area (Å²) in [5, 5.41) is 6.65. The zero-order valence-electron chi connectivity index (χ0n) is 13.5. The molecule has 1 amide bonds. The van der Waals surface area contributed by atoms with Gasteiger partial charge in [-0.15, -0.1) is 0 Å². The number of piperidine rings is 1. The Bertz CT molecular complexity index is 503. The molecule has 0 spiro atoms. The predicted octanol–water partition coefficient (Wildman–Crippen LogP) is 1.73. The van der Waals surface area contributed by atoms with E-state index in [-0.39, 0.29) is 34.8 Å². The first-order valence-electron chi connectivity index (χ1n) is 7.39. The van der Waals surface area contributed by atoms with Crippen LogP contribution in [0.25, 0.3) is 0 Å². The molecule has 21 heavy (non-hydrogen) atoms. The van der Waals surface area contributed by atoms with Crippen LogP contribution in [0.3, 0.4) is 0 Å². The van der Waals surface area contributed by atoms with E-state index in [1.807, 2.05) is 0 Å². The normalized spacial score (nSPS) is 22.8. The van der Waals surface area contributed by atoms with Gasteiger partial charge in [-0.25, -0.2) is 4.98 Å². The monoisotopic (exact) mass is 294 g/mol. The molecule has 1 atom stereocenters. The Morgan fingerprint density at radius 2 is 2.00 bits per heavy atom. The number of carbonyl (C=O) groups excluding carboxylic acids is 1. The maximum atomic E-state index is 12.3. The molecule has 6 nitrogen and oxygen atoms in total. The van der Waals surface area contributed by atoms with Crippen LogP contribution in [0, 0.1) is 0 Å². The average Bonchev–Trinajstić information content (AvgIpc) is 2.72. The van der Waals surface area contributed by atoms with Crippen molar-refractivity contribution in [3.8, 4) is 0 Å². The van der Waals surface area contributed by atoms with Crippen molar-refractivity contribution in [1.29, 1.82) is 0 Å². The fourth-order valence-corrected chi connectivity index (χ4v) is 3.28. The van der Waals surface area contributed by atoms with Gasteiger partial charge in [0.25, 0.3) is 5.91 Å². The van der Waals surface area contributed by atoms with Crippen molar-refractivity contribution in [2.45, 2.75) is 70.6 Å². The van der Waals surface area contributed by atoms with Gasteiger partial charge in [0, 0.05) is 17.1 Å². The Balaban J connectivity index is 2.04. The number of nitrogens with two attached hydrogens (primary N) is 1. The second-order valence-corrected chi connectivity index (χ2v) is 7.33. The maximum absolute atomic E-state index is 12.3. The third-order valence-corrected chi connectivity index (χ3v) is 3.67. The lowest BCUT2D eigenvalue weighted by molar-refractivity contribution is 0.0868. The van der Waals surface area contributed by atoms with Crippen molar-refractivity contribution >= 4 is 5.91 Å². The molecular formula is C15H26N4O2. The van der Waals surface area contributed by atoms with Gasteiger partial charge in [-0.1, -0.05) is 0 Å². The van der Waals surface area contributed by atoms with Gasteiger partial charge in [-0.05, 0) is 47.5 Å². The molecule has 0 radical (unpaired) electrons. The molecule has 0 bridgehead atoms. The lowest BCUT2D eigenvalue weighted by Crippen LogP contribution is -2.62. The van der Waals surface area contributed by atoms with Gasteiger partial charge in [-0.3, -0.25) is 4.79 Å². The summed E-state index contributed by atoms with van der Waals surface area (Å²) in [5.41, 5.74) is 5.95. The van der Waals surface area contributed by atoms with E-state index in [1.54, 1.807) is 6.92 Å². The number of oxazole rings is 1. The summed E-state index contributed by atoms with van der Waals surface area (Å²) in [6, 6.07) is -0.206. The van der Waals surface area contributed by atoms with Crippen LogP contribution < -0.4 is 16.4 Å². The first-order chi connectivity index (χ1) is 9.58. The largest absolute Gasteiger partial charge is 0.446 e. The van der Waals surface area contributed by atoms with Crippen molar-refractivity contribution in [3.63, 3.8) is 0 Å². The third kappa shape index (κ3) is 4.04. The predicted molar refractivity (Wildman–Crippen MR) is 80.9 cm³/mol. The molecule has 2 heterocycles. The van der Waals surface area contributed by atoms with Crippen LogP contribution in [-0.2, 0) is 0 Å². The zero-order chi connectivity index (χ0) is 15.8. The van der Waals surface area contributed by atoms with Gasteiger partial charge in [0.1, 0.15) is 6.26 Å². The number of amides is 1. The minimum absolute atomic E-state index is 0.0134. The second kappa shape index (κ2) is 5.42. The first kappa shape index (κ1) is 16.0. The lowest BCUT2D eigenvalue weighted by Gasteiger charge is -2.46. The Morgan fingerprint density at radius 1 is 1.43 bits per heavy atom. The van der Waals surface area contributed by atoms with E-state index in [0.29, 0.717) is 5.89 Å². The standard InChI is InChI=1S/C15H26N4O2/c1-9(16)13-18-11(8-21-13)12(20)17-10-6-14(2,3)19-15(4,5)7-10/h8-10,19H,6-7,16H2,1-5H3,(H,17,20). The SMILES string of the molecule is CC(N)c1nc(C(=O)NC2CC(C)(C)NC(C)(C)C2)co1. The lowest BCUT2D eigenvalue weighted by atomic mass is 9.79. The van der Waals surface area contributed by atoms with Crippen LogP contribution in [0.15, 0.2) is 10.7 Å². The molecule has 4 N–H and O–H groups in total. The van der Waals surface area contributed by atoms with Crippen LogP contribution in [0.2, 0.25) is 0 Å². The summed E-state index contributed by atoms with van der Waals surface area (Å²) in [4.78, 5) is 16.4. The van der Waals surface area contributed by atoms with Gasteiger partial charge < -0.3 is 20.8 Å². The Hall–Kier alpha value is -1.40. The fraction of sp³-hybridized carbons (Fsp3) is 0.733. The molecule has 1 unspecified atom stereocenters. The number of nitrogens with zero attached hydrogens (tertiary/aromatic N) is 1. The molecule has 0 aliphatic carbocycles. The highest BCUT2D eigenvalue weighted by Gasteiger charge is 2.38. The number of nitrogens with one attached hydrogen (secondary N) is 2. The molecule has 118 valence electrons. The molecule has 6 heteroatoms. The molecule has 1 fully saturated rings. The fourth-order valence-electron chi connectivity index (χ4n) is 3.28. The Kier molecular flexibility index (Phi) is 4.13. The topological polar surface area (TPSA) is 93.2 Å². The number of aromatic nitrogens is 1. The summed E-state index contributed by atoms with van der Waals surface area (Å²) in [6.45, 7) is 10.4. The highest BCUT2D eigenvalue weighted by atomic mass is 16.3. The zero-order valence-corrected chi connectivity index (χ0v) is 13.5. The van der Waals surface area contributed by atoms with E-state index in [2.05, 4.69) is 43.3 Å². The van der Waals surface area contributed by atoms with Crippen LogP contribution in [0.5, 0.6) is 0 Å². The molecule has 1 aromatic heterocycles. The van der Waals surface area contributed by atoms with Crippen LogP contribution in [0.4, 0.5) is 0 Å². The molecule has 1 saturated heterocycles. The van der Waals surface area contributed by atoms with Crippen LogP contribution in [0.1, 0.15) is 69.9 Å². The van der Waals surface area contributed by atoms with Gasteiger partial charge in [0.2, 0.25) is 5.89 Å². The van der Waals surface area contributed by atoms with E-state index >= 15 is 0 Å². The highest BCUT2D eigenvalue weighted by Crippen LogP contribution is 2.28. The summed E-state index contributed by atoms with van der Waals surface area (Å²) >= 11 is 0. The van der Waals surface area contributed by atoms with Crippen molar-refractivity contribution in [1.82, 2.24) is 15.6 Å². The van der Waals surface area contributed by atoms with Crippen LogP contribution >= 0.6 is 0 Å². The number of hydrogen-bond donors (Lipinski definition) is 3. The number of hydrogen-bond acceptors (Lipinski definition) is 5. The number of carbonyl (C=O) groups is 1.